The van der Waals surface area contributed by atoms with Gasteiger partial charge in [0.15, 0.2) is 0 Å². The predicted molar refractivity (Wildman–Crippen MR) is 72.1 cm³/mol. The van der Waals surface area contributed by atoms with Crippen molar-refractivity contribution in [1.29, 1.82) is 5.26 Å². The standard InChI is InChI=1S/C11H6BrN5O3/c12-8-2-1-6(3-9(8)17(19)20)11(18)15-10-7(4-13)5-14-16-10/h1-3,5H,(H2,14,15,16,18). The van der Waals surface area contributed by atoms with Gasteiger partial charge in [-0.1, -0.05) is 0 Å². The van der Waals surface area contributed by atoms with Crippen molar-refractivity contribution < 1.29 is 9.72 Å². The Kier molecular flexibility index (Phi) is 3.76. The molecule has 1 aromatic heterocycles. The molecule has 1 amide bonds. The second-order valence-electron chi connectivity index (χ2n) is 3.65. The van der Waals surface area contributed by atoms with Gasteiger partial charge in [0.1, 0.15) is 17.5 Å². The van der Waals surface area contributed by atoms with Crippen LogP contribution in [0.1, 0.15) is 15.9 Å². The first kappa shape index (κ1) is 13.7. The van der Waals surface area contributed by atoms with E-state index in [1.165, 1.54) is 18.3 Å². The number of halogens is 1. The summed E-state index contributed by atoms with van der Waals surface area (Å²) in [5.41, 5.74) is 0.0473. The third-order valence-electron chi connectivity index (χ3n) is 2.40. The third kappa shape index (κ3) is 2.65. The van der Waals surface area contributed by atoms with Crippen molar-refractivity contribution in [1.82, 2.24) is 10.2 Å². The number of nitriles is 1. The minimum absolute atomic E-state index is 0.0957. The minimum Gasteiger partial charge on any atom is -0.306 e. The number of nitro benzene ring substituents is 1. The average Bonchev–Trinajstić information content (AvgIpc) is 2.86. The monoisotopic (exact) mass is 335 g/mol. The van der Waals surface area contributed by atoms with Crippen LogP contribution in [0.25, 0.3) is 0 Å². The van der Waals surface area contributed by atoms with Gasteiger partial charge in [0.2, 0.25) is 0 Å². The van der Waals surface area contributed by atoms with Crippen LogP contribution in [0.15, 0.2) is 28.9 Å². The molecule has 8 nitrogen and oxygen atoms in total. The number of nitrogens with zero attached hydrogens (tertiary/aromatic N) is 3. The smallest absolute Gasteiger partial charge is 0.284 e. The van der Waals surface area contributed by atoms with E-state index in [0.29, 0.717) is 0 Å². The van der Waals surface area contributed by atoms with Gasteiger partial charge in [-0.3, -0.25) is 20.0 Å². The molecule has 2 rings (SSSR count). The summed E-state index contributed by atoms with van der Waals surface area (Å²) in [6.45, 7) is 0. The number of hydrogen-bond acceptors (Lipinski definition) is 5. The number of carbonyl (C=O) groups is 1. The first-order valence-electron chi connectivity index (χ1n) is 5.21. The fraction of sp³-hybridized carbons (Fsp3) is 0. The van der Waals surface area contributed by atoms with E-state index in [0.717, 1.165) is 6.07 Å². The van der Waals surface area contributed by atoms with Crippen LogP contribution in [0.2, 0.25) is 0 Å². The zero-order valence-electron chi connectivity index (χ0n) is 9.75. The Morgan fingerprint density at radius 2 is 2.30 bits per heavy atom. The molecule has 0 atom stereocenters. The summed E-state index contributed by atoms with van der Waals surface area (Å²) < 4.78 is 0.276. The van der Waals surface area contributed by atoms with Crippen molar-refractivity contribution in [2.24, 2.45) is 0 Å². The molecule has 1 aromatic carbocycles. The van der Waals surface area contributed by atoms with Crippen LogP contribution in [0.5, 0.6) is 0 Å². The summed E-state index contributed by atoms with van der Waals surface area (Å²) in [7, 11) is 0. The maximum absolute atomic E-state index is 12.0. The van der Waals surface area contributed by atoms with Crippen LogP contribution in [0.4, 0.5) is 11.5 Å². The molecule has 0 saturated carbocycles. The first-order valence-corrected chi connectivity index (χ1v) is 6.01. The van der Waals surface area contributed by atoms with E-state index in [1.54, 1.807) is 0 Å². The van der Waals surface area contributed by atoms with Gasteiger partial charge in [-0.15, -0.1) is 0 Å². The van der Waals surface area contributed by atoms with E-state index >= 15 is 0 Å². The SMILES string of the molecule is N#Cc1cn[nH]c1NC(=O)c1ccc(Br)c([N+](=O)[O-])c1. The first-order chi connectivity index (χ1) is 9.52. The van der Waals surface area contributed by atoms with Gasteiger partial charge >= 0.3 is 0 Å². The van der Waals surface area contributed by atoms with E-state index in [2.05, 4.69) is 31.4 Å². The third-order valence-corrected chi connectivity index (χ3v) is 3.07. The molecule has 0 aliphatic carbocycles. The van der Waals surface area contributed by atoms with Gasteiger partial charge in [0.25, 0.3) is 11.6 Å². The normalized spacial score (nSPS) is 9.80. The maximum Gasteiger partial charge on any atom is 0.284 e. The molecule has 9 heteroatoms. The number of nitro groups is 1. The molecule has 0 saturated heterocycles. The number of rotatable bonds is 3. The highest BCUT2D eigenvalue weighted by Gasteiger charge is 2.17. The van der Waals surface area contributed by atoms with Crippen molar-refractivity contribution in [3.63, 3.8) is 0 Å². The maximum atomic E-state index is 12.0. The second-order valence-corrected chi connectivity index (χ2v) is 4.50. The van der Waals surface area contributed by atoms with Gasteiger partial charge in [-0.25, -0.2) is 0 Å². The summed E-state index contributed by atoms with van der Waals surface area (Å²) in [5, 5.41) is 28.1. The van der Waals surface area contributed by atoms with Gasteiger partial charge < -0.3 is 5.32 Å². The fourth-order valence-corrected chi connectivity index (χ4v) is 1.84. The molecule has 0 radical (unpaired) electrons. The molecule has 0 bridgehead atoms. The highest BCUT2D eigenvalue weighted by molar-refractivity contribution is 9.10. The zero-order chi connectivity index (χ0) is 14.7. The average molecular weight is 336 g/mol. The molecule has 20 heavy (non-hydrogen) atoms. The number of nitrogens with one attached hydrogen (secondary N) is 2. The van der Waals surface area contributed by atoms with Crippen LogP contribution in [0, 0.1) is 21.4 Å². The van der Waals surface area contributed by atoms with E-state index in [9.17, 15) is 14.9 Å². The number of aromatic amines is 1. The highest BCUT2D eigenvalue weighted by Crippen LogP contribution is 2.26. The molecular weight excluding hydrogens is 330 g/mol. The van der Waals surface area contributed by atoms with Crippen molar-refractivity contribution >= 4 is 33.3 Å². The molecule has 100 valence electrons. The Bertz CT molecular complexity index is 734. The van der Waals surface area contributed by atoms with Crippen molar-refractivity contribution in [3.05, 3.63) is 50.1 Å². The molecule has 0 spiro atoms. The molecular formula is C11H6BrN5O3. The highest BCUT2D eigenvalue weighted by atomic mass is 79.9. The molecule has 0 unspecified atom stereocenters. The summed E-state index contributed by atoms with van der Waals surface area (Å²) in [6, 6.07) is 5.82. The number of anilines is 1. The van der Waals surface area contributed by atoms with Gasteiger partial charge in [-0.2, -0.15) is 10.4 Å². The number of benzene rings is 1. The van der Waals surface area contributed by atoms with Crippen LogP contribution in [-0.2, 0) is 0 Å². The van der Waals surface area contributed by atoms with E-state index in [4.69, 9.17) is 5.26 Å². The molecule has 0 aliphatic rings. The van der Waals surface area contributed by atoms with E-state index in [1.807, 2.05) is 6.07 Å². The summed E-state index contributed by atoms with van der Waals surface area (Å²) >= 11 is 3.03. The van der Waals surface area contributed by atoms with Crippen molar-refractivity contribution in [2.75, 3.05) is 5.32 Å². The zero-order valence-corrected chi connectivity index (χ0v) is 11.3. The Balaban J connectivity index is 2.29. The molecule has 0 aliphatic heterocycles. The quantitative estimate of drug-likeness (QED) is 0.657. The topological polar surface area (TPSA) is 125 Å². The lowest BCUT2D eigenvalue weighted by molar-refractivity contribution is -0.385. The Morgan fingerprint density at radius 3 is 2.95 bits per heavy atom. The molecule has 0 fully saturated rings. The Hall–Kier alpha value is -2.73. The number of amides is 1. The molecule has 1 heterocycles. The molecule has 2 aromatic rings. The van der Waals surface area contributed by atoms with Crippen LogP contribution >= 0.6 is 15.9 Å². The minimum atomic E-state index is -0.599. The second kappa shape index (κ2) is 5.50. The number of aromatic nitrogens is 2. The van der Waals surface area contributed by atoms with E-state index in [-0.39, 0.29) is 27.1 Å². The van der Waals surface area contributed by atoms with Gasteiger partial charge in [-0.05, 0) is 28.1 Å². The van der Waals surface area contributed by atoms with Crippen LogP contribution < -0.4 is 5.32 Å². The summed E-state index contributed by atoms with van der Waals surface area (Å²) in [6.07, 6.45) is 1.26. The lowest BCUT2D eigenvalue weighted by Gasteiger charge is -2.03. The molecule has 2 N–H and O–H groups in total. The van der Waals surface area contributed by atoms with Gasteiger partial charge in [0.05, 0.1) is 15.6 Å². The number of carbonyl (C=O) groups excluding carboxylic acids is 1. The van der Waals surface area contributed by atoms with Gasteiger partial charge in [0, 0.05) is 11.6 Å². The summed E-state index contributed by atoms with van der Waals surface area (Å²) in [5.74, 6) is -0.440. The lowest BCUT2D eigenvalue weighted by atomic mass is 10.2. The van der Waals surface area contributed by atoms with Crippen LogP contribution in [0.3, 0.4) is 0 Å². The fourth-order valence-electron chi connectivity index (χ4n) is 1.45. The van der Waals surface area contributed by atoms with E-state index < -0.39 is 10.8 Å². The van der Waals surface area contributed by atoms with Crippen LogP contribution in [-0.4, -0.2) is 21.0 Å². The summed E-state index contributed by atoms with van der Waals surface area (Å²) in [4.78, 5) is 22.2. The van der Waals surface area contributed by atoms with Crippen molar-refractivity contribution in [3.8, 4) is 6.07 Å². The number of H-pyrrole nitrogens is 1. The Labute approximate surface area is 120 Å². The Morgan fingerprint density at radius 1 is 1.55 bits per heavy atom. The lowest BCUT2D eigenvalue weighted by Crippen LogP contribution is -2.13. The van der Waals surface area contributed by atoms with Crippen molar-refractivity contribution in [2.45, 2.75) is 0 Å². The largest absolute Gasteiger partial charge is 0.306 e. The predicted octanol–water partition coefficient (Wildman–Crippen LogP) is 2.20. The number of hydrogen-bond donors (Lipinski definition) is 2.